The van der Waals surface area contributed by atoms with Gasteiger partial charge in [-0.15, -0.1) is 0 Å². The van der Waals surface area contributed by atoms with E-state index in [0.717, 1.165) is 0 Å². The monoisotopic (exact) mass is 147 g/mol. The first-order valence-corrected chi connectivity index (χ1v) is 3.04. The van der Waals surface area contributed by atoms with Gasteiger partial charge in [0.05, 0.1) is 12.0 Å². The highest BCUT2D eigenvalue weighted by Crippen LogP contribution is 2.09. The van der Waals surface area contributed by atoms with E-state index in [2.05, 4.69) is 5.32 Å². The molecule has 1 aliphatic rings. The minimum absolute atomic E-state index is 0.0231. The molecule has 1 aliphatic heterocycles. The van der Waals surface area contributed by atoms with Crippen molar-refractivity contribution in [3.63, 3.8) is 0 Å². The molecule has 0 amide bonds. The van der Waals surface area contributed by atoms with Crippen LogP contribution in [0.5, 0.6) is 0 Å². The van der Waals surface area contributed by atoms with Gasteiger partial charge in [-0.2, -0.15) is 0 Å². The largest absolute Gasteiger partial charge is 0.481 e. The molecular formula is C6H11NO3. The maximum absolute atomic E-state index is 10.5. The van der Waals surface area contributed by atoms with Crippen LogP contribution in [0.25, 0.3) is 0 Å². The Morgan fingerprint density at radius 1 is 1.70 bits per heavy atom. The molecule has 0 saturated carbocycles. The molecule has 1 rings (SSSR count). The van der Waals surface area contributed by atoms with Crippen LogP contribution in [0.15, 0.2) is 0 Å². The smallest absolute Gasteiger partial charge is 0.307 e. The van der Waals surface area contributed by atoms with Crippen LogP contribution in [-0.4, -0.2) is 35.3 Å². The number of rotatable bonds is 1. The van der Waals surface area contributed by atoms with Crippen molar-refractivity contribution in [3.8, 4) is 0 Å². The van der Waals surface area contributed by atoms with E-state index >= 15 is 0 Å². The number of piperidine rings is 1. The molecular weight excluding hydrogens is 134 g/mol. The quantitative estimate of drug-likeness (QED) is 0.447. The van der Waals surface area contributed by atoms with Crippen molar-refractivity contribution in [2.75, 3.05) is 13.0 Å². The predicted molar refractivity (Wildman–Crippen MR) is 34.6 cm³/mol. The van der Waals surface area contributed by atoms with E-state index in [9.17, 15) is 4.79 Å². The van der Waals surface area contributed by atoms with Gasteiger partial charge in [-0.3, -0.25) is 4.79 Å². The van der Waals surface area contributed by atoms with Gasteiger partial charge in [-0.25, -0.2) is 0 Å². The first-order chi connectivity index (χ1) is 5.52. The number of hydrogen-bond acceptors (Lipinski definition) is 3. The van der Waals surface area contributed by atoms with Crippen molar-refractivity contribution in [2.45, 2.75) is 12.5 Å². The lowest BCUT2D eigenvalue weighted by Gasteiger charge is -2.23. The van der Waals surface area contributed by atoms with Crippen LogP contribution in [-0.2, 0) is 4.79 Å². The van der Waals surface area contributed by atoms with Gasteiger partial charge in [-0.1, -0.05) is 0 Å². The standard InChI is InChI=1S/C6H11NO3/c8-5-1-4(6(9)10)2-7-3-5/h4-5,7-8H,1-3H2,(H,9,10)/i2D,3D. The Morgan fingerprint density at radius 2 is 2.40 bits per heavy atom. The average Bonchev–Trinajstić information content (AvgIpc) is 1.96. The van der Waals surface area contributed by atoms with E-state index in [-0.39, 0.29) is 6.42 Å². The highest BCUT2D eigenvalue weighted by Gasteiger charge is 2.24. The van der Waals surface area contributed by atoms with Crippen molar-refractivity contribution in [1.82, 2.24) is 5.32 Å². The normalized spacial score (nSPS) is 51.3. The summed E-state index contributed by atoms with van der Waals surface area (Å²) in [4.78, 5) is 10.5. The van der Waals surface area contributed by atoms with Crippen LogP contribution in [0.4, 0.5) is 0 Å². The number of nitrogens with one attached hydrogen (secondary N) is 1. The molecule has 0 bridgehead atoms. The molecule has 4 unspecified atom stereocenters. The molecule has 0 radical (unpaired) electrons. The maximum Gasteiger partial charge on any atom is 0.307 e. The summed E-state index contributed by atoms with van der Waals surface area (Å²) in [5.41, 5.74) is 0. The maximum atomic E-state index is 10.5. The van der Waals surface area contributed by atoms with E-state index in [1.165, 1.54) is 0 Å². The highest BCUT2D eigenvalue weighted by molar-refractivity contribution is 5.70. The Bertz CT molecular complexity index is 190. The second kappa shape index (κ2) is 2.98. The molecule has 4 nitrogen and oxygen atoms in total. The molecule has 0 aliphatic carbocycles. The van der Waals surface area contributed by atoms with Gasteiger partial charge in [0, 0.05) is 15.8 Å². The van der Waals surface area contributed by atoms with Crippen LogP contribution >= 0.6 is 0 Å². The van der Waals surface area contributed by atoms with Gasteiger partial charge in [0.15, 0.2) is 0 Å². The number of hydrogen-bond donors (Lipinski definition) is 3. The van der Waals surface area contributed by atoms with E-state index in [4.69, 9.17) is 13.0 Å². The van der Waals surface area contributed by atoms with Gasteiger partial charge in [0.25, 0.3) is 0 Å². The lowest BCUT2D eigenvalue weighted by molar-refractivity contribution is -0.143. The second-order valence-electron chi connectivity index (χ2n) is 2.25. The zero-order valence-electron chi connectivity index (χ0n) is 7.32. The van der Waals surface area contributed by atoms with Crippen LogP contribution < -0.4 is 5.32 Å². The molecule has 4 atom stereocenters. The van der Waals surface area contributed by atoms with Gasteiger partial charge in [0.2, 0.25) is 0 Å². The van der Waals surface area contributed by atoms with E-state index in [0.29, 0.717) is 0 Å². The third-order valence-corrected chi connectivity index (χ3v) is 1.40. The van der Waals surface area contributed by atoms with Gasteiger partial charge in [0.1, 0.15) is 0 Å². The van der Waals surface area contributed by atoms with Crippen molar-refractivity contribution in [2.24, 2.45) is 5.92 Å². The summed E-state index contributed by atoms with van der Waals surface area (Å²) in [5, 5.41) is 20.1. The van der Waals surface area contributed by atoms with Crippen molar-refractivity contribution in [3.05, 3.63) is 0 Å². The van der Waals surface area contributed by atoms with Crippen molar-refractivity contribution < 1.29 is 17.7 Å². The fourth-order valence-electron chi connectivity index (χ4n) is 0.851. The molecule has 0 spiro atoms. The molecule has 1 heterocycles. The van der Waals surface area contributed by atoms with Crippen LogP contribution in [0.2, 0.25) is 0 Å². The number of carbonyl (C=O) groups is 1. The van der Waals surface area contributed by atoms with E-state index in [1.807, 2.05) is 0 Å². The van der Waals surface area contributed by atoms with Crippen LogP contribution in [0.1, 0.15) is 9.16 Å². The number of aliphatic carboxylic acids is 1. The lowest BCUT2D eigenvalue weighted by atomic mass is 9.98. The average molecular weight is 147 g/mol. The van der Waals surface area contributed by atoms with Crippen molar-refractivity contribution in [1.29, 1.82) is 0 Å². The third kappa shape index (κ3) is 1.68. The molecule has 10 heavy (non-hydrogen) atoms. The van der Waals surface area contributed by atoms with Crippen LogP contribution in [0, 0.1) is 5.92 Å². The Hall–Kier alpha value is -0.610. The summed E-state index contributed by atoms with van der Waals surface area (Å²) in [7, 11) is 0. The zero-order chi connectivity index (χ0) is 9.30. The summed E-state index contributed by atoms with van der Waals surface area (Å²) >= 11 is 0. The first-order valence-electron chi connectivity index (χ1n) is 4.19. The second-order valence-corrected chi connectivity index (χ2v) is 2.25. The first kappa shape index (κ1) is 5.09. The Balaban J connectivity index is 2.61. The summed E-state index contributed by atoms with van der Waals surface area (Å²) in [6, 6.07) is 0. The summed E-state index contributed by atoms with van der Waals surface area (Å²) in [6.45, 7) is -1.93. The molecule has 0 aromatic carbocycles. The molecule has 58 valence electrons. The van der Waals surface area contributed by atoms with E-state index in [1.54, 1.807) is 0 Å². The fraction of sp³-hybridized carbons (Fsp3) is 0.833. The molecule has 0 aromatic heterocycles. The SMILES string of the molecule is [2H]C1NC([2H])C(C(=O)O)CC1O. The minimum atomic E-state index is -1.10. The molecule has 1 saturated heterocycles. The number of β-amino-alcohol motifs (C(OH)–C–C–N with tert-alkyl or cyclic N) is 1. The number of aliphatic hydroxyl groups excluding tert-OH is 1. The molecule has 3 N–H and O–H groups in total. The molecule has 0 aromatic rings. The zero-order valence-corrected chi connectivity index (χ0v) is 5.32. The summed E-state index contributed by atoms with van der Waals surface area (Å²) < 4.78 is 14.4. The predicted octanol–water partition coefficient (Wildman–Crippen LogP) is -0.959. The topological polar surface area (TPSA) is 69.6 Å². The Morgan fingerprint density at radius 3 is 3.00 bits per heavy atom. The highest BCUT2D eigenvalue weighted by atomic mass is 16.4. The third-order valence-electron chi connectivity index (χ3n) is 1.40. The van der Waals surface area contributed by atoms with E-state index < -0.39 is 31.0 Å². The number of aliphatic hydroxyl groups is 1. The fourth-order valence-corrected chi connectivity index (χ4v) is 0.851. The van der Waals surface area contributed by atoms with Crippen molar-refractivity contribution >= 4 is 5.97 Å². The Labute approximate surface area is 61.7 Å². The molecule has 4 heteroatoms. The number of carboxylic acids is 1. The van der Waals surface area contributed by atoms with Gasteiger partial charge >= 0.3 is 5.97 Å². The van der Waals surface area contributed by atoms with Gasteiger partial charge < -0.3 is 15.5 Å². The van der Waals surface area contributed by atoms with Gasteiger partial charge in [-0.05, 0) is 6.42 Å². The molecule has 1 fully saturated rings. The number of carboxylic acid groups (broad SMARTS) is 1. The summed E-state index contributed by atoms with van der Waals surface area (Å²) in [6.07, 6.45) is -1.02. The minimum Gasteiger partial charge on any atom is -0.481 e. The lowest BCUT2D eigenvalue weighted by Crippen LogP contribution is -2.42. The Kier molecular flexibility index (Phi) is 1.52. The summed E-state index contributed by atoms with van der Waals surface area (Å²) in [5.74, 6) is -2.02. The van der Waals surface area contributed by atoms with Crippen LogP contribution in [0.3, 0.4) is 0 Å².